The number of sulfonamides is 1. The van der Waals surface area contributed by atoms with E-state index in [9.17, 15) is 8.42 Å². The quantitative estimate of drug-likeness (QED) is 0.845. The topological polar surface area (TPSA) is 46.2 Å². The Morgan fingerprint density at radius 1 is 1.44 bits per heavy atom. The van der Waals surface area contributed by atoms with Crippen molar-refractivity contribution in [2.75, 3.05) is 6.54 Å². The lowest BCUT2D eigenvalue weighted by atomic mass is 10.3. The molecule has 0 aliphatic rings. The van der Waals surface area contributed by atoms with E-state index >= 15 is 0 Å². The van der Waals surface area contributed by atoms with E-state index in [0.717, 1.165) is 12.8 Å². The monoisotopic (exact) mass is 325 g/mol. The van der Waals surface area contributed by atoms with E-state index < -0.39 is 10.0 Å². The molecule has 0 amide bonds. The van der Waals surface area contributed by atoms with Crippen LogP contribution in [0.25, 0.3) is 0 Å². The third kappa shape index (κ3) is 3.73. The lowest BCUT2D eigenvalue weighted by Crippen LogP contribution is -2.24. The van der Waals surface area contributed by atoms with Gasteiger partial charge in [0.25, 0.3) is 0 Å². The third-order valence-corrected chi connectivity index (χ3v) is 4.70. The smallest absolute Gasteiger partial charge is 0.211 e. The number of unbranched alkanes of at least 4 members (excludes halogenated alkanes) is 1. The fourth-order valence-electron chi connectivity index (χ4n) is 1.11. The summed E-state index contributed by atoms with van der Waals surface area (Å²) in [7, 11) is -3.41. The van der Waals surface area contributed by atoms with Crippen molar-refractivity contribution >= 4 is 37.6 Å². The van der Waals surface area contributed by atoms with Gasteiger partial charge in [-0.05, 0) is 40.5 Å². The average Bonchev–Trinajstić information content (AvgIpc) is 2.22. The molecule has 0 fully saturated rings. The Morgan fingerprint density at radius 2 is 2.12 bits per heavy atom. The first-order valence-corrected chi connectivity index (χ1v) is 7.57. The molecule has 0 saturated heterocycles. The SMILES string of the molecule is CCCCNS(=O)(=O)c1ccc(Cl)c(Br)c1. The van der Waals surface area contributed by atoms with Gasteiger partial charge in [0, 0.05) is 11.0 Å². The van der Waals surface area contributed by atoms with Gasteiger partial charge >= 0.3 is 0 Å². The normalized spacial score (nSPS) is 11.7. The van der Waals surface area contributed by atoms with Gasteiger partial charge in [-0.25, -0.2) is 13.1 Å². The summed E-state index contributed by atoms with van der Waals surface area (Å²) < 4.78 is 26.7. The van der Waals surface area contributed by atoms with Crippen LogP contribution in [0.3, 0.4) is 0 Å². The Kier molecular flexibility index (Phi) is 5.24. The highest BCUT2D eigenvalue weighted by Crippen LogP contribution is 2.25. The van der Waals surface area contributed by atoms with Crippen molar-refractivity contribution in [2.24, 2.45) is 0 Å². The first-order valence-electron chi connectivity index (χ1n) is 4.92. The van der Waals surface area contributed by atoms with Crippen LogP contribution in [0.15, 0.2) is 27.6 Å². The lowest BCUT2D eigenvalue weighted by Gasteiger charge is -2.06. The molecule has 1 rings (SSSR count). The van der Waals surface area contributed by atoms with Crippen molar-refractivity contribution in [3.63, 3.8) is 0 Å². The second kappa shape index (κ2) is 6.00. The molecule has 0 unspecified atom stereocenters. The highest BCUT2D eigenvalue weighted by atomic mass is 79.9. The van der Waals surface area contributed by atoms with E-state index in [-0.39, 0.29) is 4.90 Å². The number of hydrogen-bond donors (Lipinski definition) is 1. The molecule has 0 aliphatic heterocycles. The highest BCUT2D eigenvalue weighted by molar-refractivity contribution is 9.10. The van der Waals surface area contributed by atoms with E-state index in [1.807, 2.05) is 6.92 Å². The molecule has 3 nitrogen and oxygen atoms in total. The number of rotatable bonds is 5. The van der Waals surface area contributed by atoms with Gasteiger partial charge in [-0.3, -0.25) is 0 Å². The maximum Gasteiger partial charge on any atom is 0.240 e. The van der Waals surface area contributed by atoms with Gasteiger partial charge < -0.3 is 0 Å². The van der Waals surface area contributed by atoms with Crippen LogP contribution < -0.4 is 4.72 Å². The molecule has 1 aromatic rings. The van der Waals surface area contributed by atoms with Crippen molar-refractivity contribution in [1.82, 2.24) is 4.72 Å². The van der Waals surface area contributed by atoms with Crippen LogP contribution in [0.2, 0.25) is 5.02 Å². The van der Waals surface area contributed by atoms with E-state index in [0.29, 0.717) is 16.0 Å². The maximum atomic E-state index is 11.8. The average molecular weight is 327 g/mol. The molecular formula is C10H13BrClNO2S. The molecule has 6 heteroatoms. The van der Waals surface area contributed by atoms with Gasteiger partial charge in [0.1, 0.15) is 0 Å². The minimum atomic E-state index is -3.41. The van der Waals surface area contributed by atoms with Gasteiger partial charge in [-0.15, -0.1) is 0 Å². The molecule has 16 heavy (non-hydrogen) atoms. The second-order valence-electron chi connectivity index (χ2n) is 3.33. The van der Waals surface area contributed by atoms with E-state index in [1.165, 1.54) is 12.1 Å². The molecule has 0 atom stereocenters. The molecule has 0 aliphatic carbocycles. The molecule has 90 valence electrons. The summed E-state index contributed by atoms with van der Waals surface area (Å²) in [5, 5.41) is 0.493. The van der Waals surface area contributed by atoms with Crippen LogP contribution in [-0.4, -0.2) is 15.0 Å². The zero-order chi connectivity index (χ0) is 12.2. The summed E-state index contributed by atoms with van der Waals surface area (Å²) >= 11 is 8.99. The molecule has 1 N–H and O–H groups in total. The predicted molar refractivity (Wildman–Crippen MR) is 69.2 cm³/mol. The lowest BCUT2D eigenvalue weighted by molar-refractivity contribution is 0.578. The van der Waals surface area contributed by atoms with E-state index in [2.05, 4.69) is 20.7 Å². The van der Waals surface area contributed by atoms with Gasteiger partial charge in [0.15, 0.2) is 0 Å². The largest absolute Gasteiger partial charge is 0.240 e. The van der Waals surface area contributed by atoms with Gasteiger partial charge in [-0.2, -0.15) is 0 Å². The zero-order valence-corrected chi connectivity index (χ0v) is 12.0. The van der Waals surface area contributed by atoms with Crippen molar-refractivity contribution in [3.05, 3.63) is 27.7 Å². The molecule has 0 aromatic heterocycles. The van der Waals surface area contributed by atoms with Crippen LogP contribution in [0, 0.1) is 0 Å². The Bertz CT molecular complexity index is 462. The van der Waals surface area contributed by atoms with Crippen molar-refractivity contribution in [1.29, 1.82) is 0 Å². The van der Waals surface area contributed by atoms with Crippen molar-refractivity contribution < 1.29 is 8.42 Å². The molecule has 0 radical (unpaired) electrons. The fourth-order valence-corrected chi connectivity index (χ4v) is 2.86. The van der Waals surface area contributed by atoms with Gasteiger partial charge in [0.05, 0.1) is 9.92 Å². The van der Waals surface area contributed by atoms with Crippen molar-refractivity contribution in [3.8, 4) is 0 Å². The van der Waals surface area contributed by atoms with Crippen LogP contribution >= 0.6 is 27.5 Å². The molecule has 0 spiro atoms. The number of benzene rings is 1. The highest BCUT2D eigenvalue weighted by Gasteiger charge is 2.14. The zero-order valence-electron chi connectivity index (χ0n) is 8.83. The first-order chi connectivity index (χ1) is 7.47. The first kappa shape index (κ1) is 14.0. The van der Waals surface area contributed by atoms with E-state index in [1.54, 1.807) is 6.07 Å². The van der Waals surface area contributed by atoms with Crippen molar-refractivity contribution in [2.45, 2.75) is 24.7 Å². The van der Waals surface area contributed by atoms with E-state index in [4.69, 9.17) is 11.6 Å². The molecule has 0 saturated carbocycles. The third-order valence-electron chi connectivity index (χ3n) is 2.02. The molecule has 1 aromatic carbocycles. The molecule has 0 bridgehead atoms. The van der Waals surface area contributed by atoms with Crippen LogP contribution in [0.1, 0.15) is 19.8 Å². The predicted octanol–water partition coefficient (Wildman–Crippen LogP) is 3.18. The molecular weight excluding hydrogens is 314 g/mol. The Labute approximate surface area is 109 Å². The minimum Gasteiger partial charge on any atom is -0.211 e. The molecule has 0 heterocycles. The van der Waals surface area contributed by atoms with Crippen LogP contribution in [0.4, 0.5) is 0 Å². The number of hydrogen-bond acceptors (Lipinski definition) is 2. The Hall–Kier alpha value is -0.100. The standard InChI is InChI=1S/C10H13BrClNO2S/c1-2-3-6-13-16(14,15)8-4-5-10(12)9(11)7-8/h4-5,7,13H,2-3,6H2,1H3. The summed E-state index contributed by atoms with van der Waals surface area (Å²) in [6, 6.07) is 4.54. The Balaban J connectivity index is 2.86. The summed E-state index contributed by atoms with van der Waals surface area (Å²) in [6.45, 7) is 2.46. The fraction of sp³-hybridized carbons (Fsp3) is 0.400. The number of halogens is 2. The van der Waals surface area contributed by atoms with Gasteiger partial charge in [0.2, 0.25) is 10.0 Å². The second-order valence-corrected chi connectivity index (χ2v) is 6.36. The number of nitrogens with one attached hydrogen (secondary N) is 1. The van der Waals surface area contributed by atoms with Crippen LogP contribution in [0.5, 0.6) is 0 Å². The van der Waals surface area contributed by atoms with Gasteiger partial charge in [-0.1, -0.05) is 24.9 Å². The Morgan fingerprint density at radius 3 is 2.69 bits per heavy atom. The summed E-state index contributed by atoms with van der Waals surface area (Å²) in [6.07, 6.45) is 1.78. The van der Waals surface area contributed by atoms with Crippen LogP contribution in [-0.2, 0) is 10.0 Å². The maximum absolute atomic E-state index is 11.8. The summed E-state index contributed by atoms with van der Waals surface area (Å²) in [4.78, 5) is 0.222. The summed E-state index contributed by atoms with van der Waals surface area (Å²) in [5.41, 5.74) is 0. The minimum absolute atomic E-state index is 0.222. The summed E-state index contributed by atoms with van der Waals surface area (Å²) in [5.74, 6) is 0.